The van der Waals surface area contributed by atoms with Crippen LogP contribution in [0.3, 0.4) is 0 Å². The van der Waals surface area contributed by atoms with Crippen LogP contribution in [0.2, 0.25) is 0 Å². The van der Waals surface area contributed by atoms with Crippen molar-refractivity contribution >= 4 is 0 Å². The molecule has 0 fully saturated rings. The summed E-state index contributed by atoms with van der Waals surface area (Å²) in [7, 11) is 2.13. The Bertz CT molecular complexity index is 724. The van der Waals surface area contributed by atoms with Crippen molar-refractivity contribution in [3.63, 3.8) is 0 Å². The lowest BCUT2D eigenvalue weighted by molar-refractivity contribution is 0.266. The number of aryl methyl sites for hydroxylation is 1. The highest BCUT2D eigenvalue weighted by molar-refractivity contribution is 5.30. The molecule has 0 saturated heterocycles. The predicted octanol–water partition coefficient (Wildman–Crippen LogP) is 4.01. The van der Waals surface area contributed by atoms with Gasteiger partial charge in [0.2, 0.25) is 0 Å². The molecule has 23 heavy (non-hydrogen) atoms. The molecule has 3 rings (SSSR count). The lowest BCUT2D eigenvalue weighted by Gasteiger charge is -2.28. The van der Waals surface area contributed by atoms with E-state index in [9.17, 15) is 0 Å². The predicted molar refractivity (Wildman–Crippen MR) is 93.0 cm³/mol. The third kappa shape index (κ3) is 3.82. The molecule has 0 bridgehead atoms. The SMILES string of the molecule is Cc1ccc([C@@H](c2ccccn2)N(C)Cc2cccnc2)cc1. The fourth-order valence-corrected chi connectivity index (χ4v) is 2.81. The summed E-state index contributed by atoms with van der Waals surface area (Å²) in [4.78, 5) is 11.1. The number of nitrogens with zero attached hydrogens (tertiary/aromatic N) is 3. The minimum absolute atomic E-state index is 0.122. The zero-order valence-electron chi connectivity index (χ0n) is 13.6. The number of benzene rings is 1. The number of hydrogen-bond acceptors (Lipinski definition) is 3. The van der Waals surface area contributed by atoms with E-state index in [4.69, 9.17) is 0 Å². The fourth-order valence-electron chi connectivity index (χ4n) is 2.81. The maximum absolute atomic E-state index is 4.58. The van der Waals surface area contributed by atoms with Gasteiger partial charge in [-0.05, 0) is 43.3 Å². The van der Waals surface area contributed by atoms with Gasteiger partial charge in [0, 0.05) is 25.1 Å². The molecule has 3 heteroatoms. The summed E-state index contributed by atoms with van der Waals surface area (Å²) in [6.45, 7) is 2.93. The number of hydrogen-bond donors (Lipinski definition) is 0. The highest BCUT2D eigenvalue weighted by Crippen LogP contribution is 2.27. The summed E-state index contributed by atoms with van der Waals surface area (Å²) < 4.78 is 0. The van der Waals surface area contributed by atoms with Gasteiger partial charge in [0.05, 0.1) is 11.7 Å². The fraction of sp³-hybridized carbons (Fsp3) is 0.200. The van der Waals surface area contributed by atoms with E-state index in [1.807, 2.05) is 30.6 Å². The average Bonchev–Trinajstić information content (AvgIpc) is 2.59. The Morgan fingerprint density at radius 1 is 0.957 bits per heavy atom. The van der Waals surface area contributed by atoms with Crippen molar-refractivity contribution in [1.29, 1.82) is 0 Å². The van der Waals surface area contributed by atoms with Crippen molar-refractivity contribution in [1.82, 2.24) is 14.9 Å². The van der Waals surface area contributed by atoms with Crippen LogP contribution in [0.5, 0.6) is 0 Å². The molecule has 0 saturated carbocycles. The van der Waals surface area contributed by atoms with Crippen LogP contribution in [0.25, 0.3) is 0 Å². The normalized spacial score (nSPS) is 12.3. The molecule has 0 amide bonds. The Morgan fingerprint density at radius 3 is 2.43 bits per heavy atom. The maximum atomic E-state index is 4.58. The van der Waals surface area contributed by atoms with Crippen molar-refractivity contribution in [2.24, 2.45) is 0 Å². The molecule has 0 aliphatic heterocycles. The van der Waals surface area contributed by atoms with Gasteiger partial charge in [0.1, 0.15) is 0 Å². The van der Waals surface area contributed by atoms with E-state index < -0.39 is 0 Å². The summed E-state index contributed by atoms with van der Waals surface area (Å²) in [5, 5.41) is 0. The van der Waals surface area contributed by atoms with Crippen LogP contribution in [0.4, 0.5) is 0 Å². The molecule has 2 heterocycles. The second-order valence-corrected chi connectivity index (χ2v) is 5.84. The molecular formula is C20H21N3. The van der Waals surface area contributed by atoms with Gasteiger partial charge in [0.15, 0.2) is 0 Å². The van der Waals surface area contributed by atoms with E-state index >= 15 is 0 Å². The van der Waals surface area contributed by atoms with E-state index in [0.29, 0.717) is 0 Å². The first-order valence-corrected chi connectivity index (χ1v) is 7.80. The molecule has 2 aromatic heterocycles. The molecule has 0 aliphatic rings. The lowest BCUT2D eigenvalue weighted by atomic mass is 10.00. The molecule has 0 N–H and O–H groups in total. The standard InChI is InChI=1S/C20H21N3/c1-16-8-10-18(11-9-16)20(19-7-3-4-13-22-19)23(2)15-17-6-5-12-21-14-17/h3-14,20H,15H2,1-2H3/t20-/m0/s1. The first-order valence-electron chi connectivity index (χ1n) is 7.80. The summed E-state index contributed by atoms with van der Waals surface area (Å²) in [6, 6.07) is 19.0. The van der Waals surface area contributed by atoms with Gasteiger partial charge in [0.25, 0.3) is 0 Å². The molecule has 1 aromatic carbocycles. The van der Waals surface area contributed by atoms with Gasteiger partial charge < -0.3 is 0 Å². The van der Waals surface area contributed by atoms with Crippen LogP contribution in [-0.2, 0) is 6.54 Å². The second kappa shape index (κ2) is 7.16. The van der Waals surface area contributed by atoms with Gasteiger partial charge >= 0.3 is 0 Å². The van der Waals surface area contributed by atoms with Crippen molar-refractivity contribution in [2.45, 2.75) is 19.5 Å². The van der Waals surface area contributed by atoms with E-state index in [2.05, 4.69) is 65.2 Å². The van der Waals surface area contributed by atoms with Gasteiger partial charge in [-0.2, -0.15) is 0 Å². The van der Waals surface area contributed by atoms with Gasteiger partial charge in [-0.3, -0.25) is 14.9 Å². The largest absolute Gasteiger partial charge is 0.290 e. The Kier molecular flexibility index (Phi) is 4.79. The van der Waals surface area contributed by atoms with Crippen molar-refractivity contribution < 1.29 is 0 Å². The van der Waals surface area contributed by atoms with E-state index in [1.165, 1.54) is 16.7 Å². The third-order valence-corrected chi connectivity index (χ3v) is 3.96. The first-order chi connectivity index (χ1) is 11.2. The number of rotatable bonds is 5. The zero-order chi connectivity index (χ0) is 16.1. The average molecular weight is 303 g/mol. The number of aromatic nitrogens is 2. The van der Waals surface area contributed by atoms with Crippen LogP contribution in [0, 0.1) is 6.92 Å². The molecule has 3 nitrogen and oxygen atoms in total. The highest BCUT2D eigenvalue weighted by Gasteiger charge is 2.20. The minimum Gasteiger partial charge on any atom is -0.290 e. The molecule has 0 unspecified atom stereocenters. The van der Waals surface area contributed by atoms with E-state index in [-0.39, 0.29) is 6.04 Å². The van der Waals surface area contributed by atoms with Gasteiger partial charge in [-0.15, -0.1) is 0 Å². The van der Waals surface area contributed by atoms with Crippen molar-refractivity contribution in [3.05, 3.63) is 95.6 Å². The monoisotopic (exact) mass is 303 g/mol. The summed E-state index contributed by atoms with van der Waals surface area (Å²) in [5.41, 5.74) is 4.77. The Hall–Kier alpha value is -2.52. The van der Waals surface area contributed by atoms with Crippen molar-refractivity contribution in [2.75, 3.05) is 7.05 Å². The maximum Gasteiger partial charge on any atom is 0.0776 e. The molecule has 1 atom stereocenters. The molecule has 3 aromatic rings. The van der Waals surface area contributed by atoms with Crippen LogP contribution < -0.4 is 0 Å². The Morgan fingerprint density at radius 2 is 1.78 bits per heavy atom. The quantitative estimate of drug-likeness (QED) is 0.713. The van der Waals surface area contributed by atoms with Crippen LogP contribution in [-0.4, -0.2) is 21.9 Å². The van der Waals surface area contributed by atoms with E-state index in [1.54, 1.807) is 6.20 Å². The summed E-state index contributed by atoms with van der Waals surface area (Å²) in [5.74, 6) is 0. The van der Waals surface area contributed by atoms with Crippen LogP contribution >= 0.6 is 0 Å². The van der Waals surface area contributed by atoms with E-state index in [0.717, 1.165) is 12.2 Å². The molecule has 0 spiro atoms. The topological polar surface area (TPSA) is 29.0 Å². The molecule has 116 valence electrons. The lowest BCUT2D eigenvalue weighted by Crippen LogP contribution is -2.26. The van der Waals surface area contributed by atoms with Crippen LogP contribution in [0.1, 0.15) is 28.4 Å². The summed E-state index contributed by atoms with van der Waals surface area (Å²) in [6.07, 6.45) is 5.58. The Labute approximate surface area is 137 Å². The third-order valence-electron chi connectivity index (χ3n) is 3.96. The molecule has 0 aliphatic carbocycles. The van der Waals surface area contributed by atoms with Gasteiger partial charge in [-0.1, -0.05) is 42.0 Å². The second-order valence-electron chi connectivity index (χ2n) is 5.84. The van der Waals surface area contributed by atoms with Crippen LogP contribution in [0.15, 0.2) is 73.2 Å². The minimum atomic E-state index is 0.122. The first kappa shape index (κ1) is 15.4. The summed E-state index contributed by atoms with van der Waals surface area (Å²) >= 11 is 0. The zero-order valence-corrected chi connectivity index (χ0v) is 13.6. The smallest absolute Gasteiger partial charge is 0.0776 e. The molecular weight excluding hydrogens is 282 g/mol. The Balaban J connectivity index is 1.93. The molecule has 0 radical (unpaired) electrons. The van der Waals surface area contributed by atoms with Crippen molar-refractivity contribution in [3.8, 4) is 0 Å². The number of pyridine rings is 2. The highest BCUT2D eigenvalue weighted by atomic mass is 15.1. The van der Waals surface area contributed by atoms with Gasteiger partial charge in [-0.25, -0.2) is 0 Å².